The van der Waals surface area contributed by atoms with Crippen molar-refractivity contribution in [1.82, 2.24) is 5.16 Å². The summed E-state index contributed by atoms with van der Waals surface area (Å²) < 4.78 is 5.35. The molecule has 1 atom stereocenters. The average Bonchev–Trinajstić information content (AvgIpc) is 2.83. The first kappa shape index (κ1) is 9.66. The molecule has 1 fully saturated rings. The van der Waals surface area contributed by atoms with Crippen molar-refractivity contribution in [3.8, 4) is 0 Å². The van der Waals surface area contributed by atoms with Crippen molar-refractivity contribution >= 4 is 16.8 Å². The Hall–Kier alpha value is -1.55. The van der Waals surface area contributed by atoms with E-state index in [0.29, 0.717) is 0 Å². The van der Waals surface area contributed by atoms with E-state index in [4.69, 9.17) is 10.3 Å². The van der Waals surface area contributed by atoms with Crippen LogP contribution in [0.3, 0.4) is 0 Å². The largest absolute Gasteiger partial charge is 0.354 e. The van der Waals surface area contributed by atoms with Crippen molar-refractivity contribution in [3.05, 3.63) is 23.8 Å². The Kier molecular flexibility index (Phi) is 2.11. The summed E-state index contributed by atoms with van der Waals surface area (Å²) in [5.74, 6) is 0.933. The van der Waals surface area contributed by atoms with E-state index in [1.807, 2.05) is 13.0 Å². The highest BCUT2D eigenvalue weighted by Gasteiger charge is 2.23. The molecule has 0 spiro atoms. The molecule has 4 heteroatoms. The summed E-state index contributed by atoms with van der Waals surface area (Å²) in [5.41, 5.74) is 7.94. The number of nitrogens with zero attached hydrogens (tertiary/aromatic N) is 2. The van der Waals surface area contributed by atoms with Crippen LogP contribution >= 0.6 is 0 Å². The van der Waals surface area contributed by atoms with Gasteiger partial charge in [-0.1, -0.05) is 11.2 Å². The van der Waals surface area contributed by atoms with Crippen LogP contribution < -0.4 is 10.6 Å². The molecule has 2 N–H and O–H groups in total. The SMILES string of the molecule is Cc1ccc2c(N3CCC(N)C3)noc2c1. The third-order valence-electron chi connectivity index (χ3n) is 3.13. The number of anilines is 1. The predicted octanol–water partition coefficient (Wildman–Crippen LogP) is 1.67. The minimum Gasteiger partial charge on any atom is -0.354 e. The van der Waals surface area contributed by atoms with Crippen molar-refractivity contribution in [3.63, 3.8) is 0 Å². The smallest absolute Gasteiger partial charge is 0.180 e. The second kappa shape index (κ2) is 3.49. The molecule has 4 nitrogen and oxygen atoms in total. The van der Waals surface area contributed by atoms with Crippen molar-refractivity contribution in [2.24, 2.45) is 5.73 Å². The molecule has 16 heavy (non-hydrogen) atoms. The van der Waals surface area contributed by atoms with Gasteiger partial charge in [0.15, 0.2) is 11.4 Å². The molecule has 2 heterocycles. The molecule has 1 unspecified atom stereocenters. The minimum atomic E-state index is 0.261. The molecule has 1 saturated heterocycles. The van der Waals surface area contributed by atoms with Gasteiger partial charge in [0.2, 0.25) is 0 Å². The Morgan fingerprint density at radius 1 is 1.50 bits per heavy atom. The zero-order chi connectivity index (χ0) is 11.1. The van der Waals surface area contributed by atoms with E-state index < -0.39 is 0 Å². The maximum atomic E-state index is 5.90. The molecule has 1 aromatic heterocycles. The van der Waals surface area contributed by atoms with Gasteiger partial charge in [0, 0.05) is 19.1 Å². The molecule has 3 rings (SSSR count). The molecule has 1 aliphatic heterocycles. The normalized spacial score (nSPS) is 20.9. The lowest BCUT2D eigenvalue weighted by atomic mass is 10.2. The highest BCUT2D eigenvalue weighted by molar-refractivity contribution is 5.89. The molecule has 0 radical (unpaired) electrons. The van der Waals surface area contributed by atoms with Gasteiger partial charge in [0.25, 0.3) is 0 Å². The van der Waals surface area contributed by atoms with Crippen molar-refractivity contribution in [2.45, 2.75) is 19.4 Å². The maximum Gasteiger partial charge on any atom is 0.180 e. The van der Waals surface area contributed by atoms with Gasteiger partial charge in [-0.25, -0.2) is 0 Å². The van der Waals surface area contributed by atoms with E-state index in [2.05, 4.69) is 22.2 Å². The zero-order valence-corrected chi connectivity index (χ0v) is 9.31. The number of hydrogen-bond acceptors (Lipinski definition) is 4. The number of benzene rings is 1. The summed E-state index contributed by atoms with van der Waals surface area (Å²) in [6, 6.07) is 6.43. The third kappa shape index (κ3) is 1.46. The fourth-order valence-corrected chi connectivity index (χ4v) is 2.24. The van der Waals surface area contributed by atoms with Crippen LogP contribution in [0.2, 0.25) is 0 Å². The van der Waals surface area contributed by atoms with E-state index in [9.17, 15) is 0 Å². The summed E-state index contributed by atoms with van der Waals surface area (Å²) in [7, 11) is 0. The lowest BCUT2D eigenvalue weighted by Gasteiger charge is -2.13. The first-order chi connectivity index (χ1) is 7.74. The second-order valence-corrected chi connectivity index (χ2v) is 4.50. The minimum absolute atomic E-state index is 0.261. The molecular formula is C12H15N3O. The van der Waals surface area contributed by atoms with E-state index in [1.54, 1.807) is 0 Å². The number of hydrogen-bond donors (Lipinski definition) is 1. The second-order valence-electron chi connectivity index (χ2n) is 4.50. The Labute approximate surface area is 94.0 Å². The molecule has 1 aliphatic rings. The van der Waals surface area contributed by atoms with Crippen LogP contribution in [0, 0.1) is 6.92 Å². The maximum absolute atomic E-state index is 5.90. The van der Waals surface area contributed by atoms with Crippen LogP contribution in [0.1, 0.15) is 12.0 Å². The molecule has 0 aliphatic carbocycles. The first-order valence-corrected chi connectivity index (χ1v) is 5.60. The lowest BCUT2D eigenvalue weighted by Crippen LogP contribution is -2.26. The van der Waals surface area contributed by atoms with Crippen LogP contribution in [0.4, 0.5) is 5.82 Å². The van der Waals surface area contributed by atoms with Crippen LogP contribution in [0.15, 0.2) is 22.7 Å². The number of aryl methyl sites for hydroxylation is 1. The summed E-state index contributed by atoms with van der Waals surface area (Å²) in [6.45, 7) is 3.89. The van der Waals surface area contributed by atoms with Crippen LogP contribution in [-0.4, -0.2) is 24.3 Å². The number of fused-ring (bicyclic) bond motifs is 1. The zero-order valence-electron chi connectivity index (χ0n) is 9.31. The van der Waals surface area contributed by atoms with Gasteiger partial charge >= 0.3 is 0 Å². The lowest BCUT2D eigenvalue weighted by molar-refractivity contribution is 0.456. The fourth-order valence-electron chi connectivity index (χ4n) is 2.24. The van der Waals surface area contributed by atoms with Gasteiger partial charge in [-0.15, -0.1) is 0 Å². The Balaban J connectivity index is 2.04. The Bertz CT molecular complexity index is 520. The number of rotatable bonds is 1. The molecule has 1 aromatic carbocycles. The fraction of sp³-hybridized carbons (Fsp3) is 0.417. The topological polar surface area (TPSA) is 55.3 Å². The van der Waals surface area contributed by atoms with E-state index in [-0.39, 0.29) is 6.04 Å². The van der Waals surface area contributed by atoms with Crippen LogP contribution in [0.5, 0.6) is 0 Å². The van der Waals surface area contributed by atoms with Gasteiger partial charge in [0.05, 0.1) is 5.39 Å². The van der Waals surface area contributed by atoms with E-state index in [1.165, 1.54) is 5.56 Å². The Morgan fingerprint density at radius 2 is 2.38 bits per heavy atom. The van der Waals surface area contributed by atoms with Gasteiger partial charge in [-0.3, -0.25) is 0 Å². The summed E-state index contributed by atoms with van der Waals surface area (Å²) >= 11 is 0. The predicted molar refractivity (Wildman–Crippen MR) is 63.6 cm³/mol. The van der Waals surface area contributed by atoms with Crippen LogP contribution in [-0.2, 0) is 0 Å². The van der Waals surface area contributed by atoms with Gasteiger partial charge < -0.3 is 15.2 Å². The van der Waals surface area contributed by atoms with Gasteiger partial charge in [0.1, 0.15) is 0 Å². The molecule has 0 saturated carbocycles. The summed E-state index contributed by atoms with van der Waals surface area (Å²) in [6.07, 6.45) is 1.03. The number of aromatic nitrogens is 1. The van der Waals surface area contributed by atoms with Crippen molar-refractivity contribution in [2.75, 3.05) is 18.0 Å². The monoisotopic (exact) mass is 217 g/mol. The standard InChI is InChI=1S/C12H15N3O/c1-8-2-3-10-11(6-8)16-14-12(10)15-5-4-9(13)7-15/h2-3,6,9H,4-5,7,13H2,1H3. The highest BCUT2D eigenvalue weighted by atomic mass is 16.5. The highest BCUT2D eigenvalue weighted by Crippen LogP contribution is 2.28. The summed E-state index contributed by atoms with van der Waals surface area (Å²) in [4.78, 5) is 2.20. The average molecular weight is 217 g/mol. The third-order valence-corrected chi connectivity index (χ3v) is 3.13. The molecular weight excluding hydrogens is 202 g/mol. The van der Waals surface area contributed by atoms with Gasteiger partial charge in [-0.05, 0) is 31.0 Å². The number of nitrogens with two attached hydrogens (primary N) is 1. The van der Waals surface area contributed by atoms with Crippen molar-refractivity contribution in [1.29, 1.82) is 0 Å². The molecule has 0 bridgehead atoms. The quantitative estimate of drug-likeness (QED) is 0.789. The Morgan fingerprint density at radius 3 is 3.12 bits per heavy atom. The molecule has 0 amide bonds. The van der Waals surface area contributed by atoms with E-state index >= 15 is 0 Å². The van der Waals surface area contributed by atoms with Crippen LogP contribution in [0.25, 0.3) is 11.0 Å². The summed E-state index contributed by atoms with van der Waals surface area (Å²) in [5, 5.41) is 5.23. The first-order valence-electron chi connectivity index (χ1n) is 5.60. The van der Waals surface area contributed by atoms with Gasteiger partial charge in [-0.2, -0.15) is 0 Å². The van der Waals surface area contributed by atoms with E-state index in [0.717, 1.165) is 36.3 Å². The molecule has 84 valence electrons. The molecule has 2 aromatic rings. The van der Waals surface area contributed by atoms with Crippen molar-refractivity contribution < 1.29 is 4.52 Å².